The predicted octanol–water partition coefficient (Wildman–Crippen LogP) is -0.311. The average Bonchev–Trinajstić information content (AvgIpc) is 2.51. The number of Topliss-reactive ketones (excluding diaryl/α,β-unsaturated/α-hetero) is 1. The van der Waals surface area contributed by atoms with Crippen LogP contribution in [0.4, 0.5) is 0 Å². The van der Waals surface area contributed by atoms with Crippen molar-refractivity contribution in [3.63, 3.8) is 0 Å². The van der Waals surface area contributed by atoms with Gasteiger partial charge < -0.3 is 10.2 Å². The molecule has 0 aromatic heterocycles. The molecular formula is C16H29N3O5. The van der Waals surface area contributed by atoms with Crippen molar-refractivity contribution >= 4 is 17.7 Å². The van der Waals surface area contributed by atoms with E-state index in [0.29, 0.717) is 45.8 Å². The monoisotopic (exact) mass is 343 g/mol. The van der Waals surface area contributed by atoms with Crippen LogP contribution < -0.4 is 0 Å². The second-order valence-electron chi connectivity index (χ2n) is 6.71. The Labute approximate surface area is 143 Å². The van der Waals surface area contributed by atoms with E-state index in [0.717, 1.165) is 0 Å². The van der Waals surface area contributed by atoms with E-state index >= 15 is 0 Å². The highest BCUT2D eigenvalue weighted by Crippen LogP contribution is 2.13. The molecule has 0 aliphatic carbocycles. The topological polar surface area (TPSA) is 101 Å². The lowest BCUT2D eigenvalue weighted by Gasteiger charge is -2.32. The molecule has 0 amide bonds. The lowest BCUT2D eigenvalue weighted by molar-refractivity contribution is -0.145. The van der Waals surface area contributed by atoms with Crippen molar-refractivity contribution in [2.24, 2.45) is 5.92 Å². The highest BCUT2D eigenvalue weighted by Gasteiger charge is 2.30. The molecule has 1 heterocycles. The molecular weight excluding hydrogens is 314 g/mol. The Morgan fingerprint density at radius 2 is 1.33 bits per heavy atom. The zero-order valence-electron chi connectivity index (χ0n) is 14.8. The minimum Gasteiger partial charge on any atom is -0.480 e. The fraction of sp³-hybridized carbons (Fsp3) is 0.812. The second-order valence-corrected chi connectivity index (χ2v) is 6.71. The smallest absolute Gasteiger partial charge is 0.321 e. The number of aliphatic carboxylic acids is 2. The number of nitrogens with zero attached hydrogens (tertiary/aromatic N) is 3. The minimum atomic E-state index is -0.905. The first-order chi connectivity index (χ1) is 11.2. The number of carboxylic acids is 2. The zero-order chi connectivity index (χ0) is 18.3. The fourth-order valence-electron chi connectivity index (χ4n) is 3.12. The predicted molar refractivity (Wildman–Crippen MR) is 89.0 cm³/mol. The van der Waals surface area contributed by atoms with Crippen LogP contribution in [-0.4, -0.2) is 101 Å². The fourth-order valence-corrected chi connectivity index (χ4v) is 3.12. The zero-order valence-corrected chi connectivity index (χ0v) is 14.8. The minimum absolute atomic E-state index is 0.0456. The van der Waals surface area contributed by atoms with Gasteiger partial charge in [0.25, 0.3) is 0 Å². The number of hydrogen-bond donors (Lipinski definition) is 2. The first-order valence-corrected chi connectivity index (χ1v) is 8.33. The molecule has 0 aromatic carbocycles. The molecule has 2 N–H and O–H groups in total. The third-order valence-corrected chi connectivity index (χ3v) is 4.22. The number of carbonyl (C=O) groups is 3. The van der Waals surface area contributed by atoms with Gasteiger partial charge in [0.1, 0.15) is 11.8 Å². The van der Waals surface area contributed by atoms with Crippen LogP contribution in [0.5, 0.6) is 0 Å². The largest absolute Gasteiger partial charge is 0.480 e. The average molecular weight is 343 g/mol. The summed E-state index contributed by atoms with van der Waals surface area (Å²) in [5.41, 5.74) is 0. The van der Waals surface area contributed by atoms with Crippen LogP contribution in [0.3, 0.4) is 0 Å². The third kappa shape index (κ3) is 6.94. The van der Waals surface area contributed by atoms with Crippen LogP contribution in [0, 0.1) is 5.92 Å². The maximum atomic E-state index is 11.6. The molecule has 8 heteroatoms. The van der Waals surface area contributed by atoms with Crippen molar-refractivity contribution in [1.82, 2.24) is 14.7 Å². The van der Waals surface area contributed by atoms with E-state index in [-0.39, 0.29) is 18.2 Å². The van der Waals surface area contributed by atoms with Crippen molar-refractivity contribution in [2.75, 3.05) is 52.4 Å². The van der Waals surface area contributed by atoms with Gasteiger partial charge in [0.15, 0.2) is 0 Å². The summed E-state index contributed by atoms with van der Waals surface area (Å²) in [6.07, 6.45) is 0. The molecule has 1 unspecified atom stereocenters. The lowest BCUT2D eigenvalue weighted by Crippen LogP contribution is -2.49. The summed E-state index contributed by atoms with van der Waals surface area (Å²) in [7, 11) is 0. The summed E-state index contributed by atoms with van der Waals surface area (Å²) in [5, 5.41) is 18.6. The molecule has 138 valence electrons. The van der Waals surface area contributed by atoms with Gasteiger partial charge in [0.2, 0.25) is 0 Å². The number of carboxylic acid groups (broad SMARTS) is 2. The number of ketones is 1. The summed E-state index contributed by atoms with van der Waals surface area (Å²) in [4.78, 5) is 39.7. The number of rotatable bonds is 7. The maximum absolute atomic E-state index is 11.6. The molecule has 1 aliphatic rings. The molecule has 0 aromatic rings. The molecule has 0 spiro atoms. The van der Waals surface area contributed by atoms with Crippen LogP contribution in [0.1, 0.15) is 20.8 Å². The van der Waals surface area contributed by atoms with Gasteiger partial charge in [-0.05, 0) is 12.8 Å². The standard InChI is InChI=1S/C16H29N3O5/c1-12(2)15(16(23)24)19-8-6-17(10-13(3)20)4-5-18(7-9-19)11-14(21)22/h12,15H,4-11H2,1-3H3,(H,21,22)(H,23,24). The second kappa shape index (κ2) is 9.71. The van der Waals surface area contributed by atoms with Crippen LogP contribution in [0.25, 0.3) is 0 Å². The maximum Gasteiger partial charge on any atom is 0.321 e. The van der Waals surface area contributed by atoms with Crippen molar-refractivity contribution < 1.29 is 24.6 Å². The van der Waals surface area contributed by atoms with Crippen LogP contribution in [0.15, 0.2) is 0 Å². The summed E-state index contributed by atoms with van der Waals surface area (Å²) < 4.78 is 0. The van der Waals surface area contributed by atoms with E-state index in [2.05, 4.69) is 0 Å². The molecule has 24 heavy (non-hydrogen) atoms. The Bertz CT molecular complexity index is 427. The van der Waals surface area contributed by atoms with E-state index in [1.807, 2.05) is 23.6 Å². The summed E-state index contributed by atoms with van der Waals surface area (Å²) >= 11 is 0. The first-order valence-electron chi connectivity index (χ1n) is 8.33. The van der Waals surface area contributed by atoms with E-state index in [1.165, 1.54) is 6.92 Å². The van der Waals surface area contributed by atoms with Gasteiger partial charge in [-0.2, -0.15) is 0 Å². The molecule has 1 aliphatic heterocycles. The van der Waals surface area contributed by atoms with Gasteiger partial charge in [0, 0.05) is 39.3 Å². The van der Waals surface area contributed by atoms with Crippen LogP contribution in [-0.2, 0) is 14.4 Å². The summed E-state index contributed by atoms with van der Waals surface area (Å²) in [6.45, 7) is 8.75. The Morgan fingerprint density at radius 1 is 0.875 bits per heavy atom. The third-order valence-electron chi connectivity index (χ3n) is 4.22. The molecule has 1 saturated heterocycles. The van der Waals surface area contributed by atoms with Crippen molar-refractivity contribution in [3.05, 3.63) is 0 Å². The normalized spacial score (nSPS) is 20.2. The summed E-state index contributed by atoms with van der Waals surface area (Å²) in [5.74, 6) is -1.79. The van der Waals surface area contributed by atoms with Gasteiger partial charge in [-0.25, -0.2) is 0 Å². The molecule has 0 radical (unpaired) electrons. The van der Waals surface area contributed by atoms with Crippen LogP contribution >= 0.6 is 0 Å². The first kappa shape index (κ1) is 20.5. The van der Waals surface area contributed by atoms with Crippen LogP contribution in [0.2, 0.25) is 0 Å². The van der Waals surface area contributed by atoms with Crippen molar-refractivity contribution in [1.29, 1.82) is 0 Å². The SMILES string of the molecule is CC(=O)CN1CCN(CC(=O)O)CCN(C(C(=O)O)C(C)C)CC1. The van der Waals surface area contributed by atoms with E-state index in [1.54, 1.807) is 4.90 Å². The molecule has 1 fully saturated rings. The van der Waals surface area contributed by atoms with Gasteiger partial charge >= 0.3 is 11.9 Å². The Balaban J connectivity index is 2.91. The number of hydrogen-bond acceptors (Lipinski definition) is 6. The molecule has 1 atom stereocenters. The van der Waals surface area contributed by atoms with E-state index < -0.39 is 18.0 Å². The van der Waals surface area contributed by atoms with Gasteiger partial charge in [-0.1, -0.05) is 13.8 Å². The van der Waals surface area contributed by atoms with Gasteiger partial charge in [-0.3, -0.25) is 29.1 Å². The van der Waals surface area contributed by atoms with Gasteiger partial charge in [0.05, 0.1) is 13.1 Å². The molecule has 0 saturated carbocycles. The molecule has 0 bridgehead atoms. The highest BCUT2D eigenvalue weighted by atomic mass is 16.4. The lowest BCUT2D eigenvalue weighted by atomic mass is 10.0. The molecule has 1 rings (SSSR count). The molecule has 8 nitrogen and oxygen atoms in total. The quantitative estimate of drug-likeness (QED) is 0.649. The van der Waals surface area contributed by atoms with E-state index in [9.17, 15) is 19.5 Å². The Morgan fingerprint density at radius 3 is 1.71 bits per heavy atom. The van der Waals surface area contributed by atoms with Crippen molar-refractivity contribution in [2.45, 2.75) is 26.8 Å². The van der Waals surface area contributed by atoms with Crippen molar-refractivity contribution in [3.8, 4) is 0 Å². The number of carbonyl (C=O) groups excluding carboxylic acids is 1. The Hall–Kier alpha value is -1.51. The van der Waals surface area contributed by atoms with Gasteiger partial charge in [-0.15, -0.1) is 0 Å². The summed E-state index contributed by atoms with van der Waals surface area (Å²) in [6, 6.07) is -0.617. The van der Waals surface area contributed by atoms with E-state index in [4.69, 9.17) is 5.11 Å². The Kier molecular flexibility index (Phi) is 8.30. The highest BCUT2D eigenvalue weighted by molar-refractivity contribution is 5.77.